The highest BCUT2D eigenvalue weighted by Gasteiger charge is 2.19. The van der Waals surface area contributed by atoms with Crippen LogP contribution in [0.5, 0.6) is 0 Å². The number of ether oxygens (including phenoxy) is 3. The molecular formula is C46H88O6. The molecule has 0 spiro atoms. The Hall–Kier alpha value is -1.59. The minimum absolute atomic E-state index is 0.0643. The molecule has 0 aromatic rings. The van der Waals surface area contributed by atoms with Crippen LogP contribution >= 0.6 is 0 Å². The third-order valence-corrected chi connectivity index (χ3v) is 10.7. The van der Waals surface area contributed by atoms with Crippen molar-refractivity contribution >= 4 is 17.9 Å². The predicted octanol–water partition coefficient (Wildman–Crippen LogP) is 14.3. The molecule has 0 aliphatic heterocycles. The van der Waals surface area contributed by atoms with Gasteiger partial charge in [0.15, 0.2) is 6.10 Å². The van der Waals surface area contributed by atoms with E-state index in [2.05, 4.69) is 27.7 Å². The van der Waals surface area contributed by atoms with Crippen molar-refractivity contribution in [3.8, 4) is 0 Å². The van der Waals surface area contributed by atoms with Gasteiger partial charge in [0.05, 0.1) is 0 Å². The highest BCUT2D eigenvalue weighted by atomic mass is 16.6. The second-order valence-corrected chi connectivity index (χ2v) is 15.9. The van der Waals surface area contributed by atoms with Gasteiger partial charge in [0.2, 0.25) is 0 Å². The number of carbonyl (C=O) groups is 3. The monoisotopic (exact) mass is 737 g/mol. The van der Waals surface area contributed by atoms with Gasteiger partial charge in [-0.3, -0.25) is 14.4 Å². The third-order valence-electron chi connectivity index (χ3n) is 10.7. The average Bonchev–Trinajstić information content (AvgIpc) is 3.14. The second-order valence-electron chi connectivity index (χ2n) is 15.9. The van der Waals surface area contributed by atoms with Gasteiger partial charge >= 0.3 is 17.9 Å². The maximum absolute atomic E-state index is 12.7. The summed E-state index contributed by atoms with van der Waals surface area (Å²) in [4.78, 5) is 37.6. The van der Waals surface area contributed by atoms with E-state index in [1.54, 1.807) is 0 Å². The van der Waals surface area contributed by atoms with E-state index in [0.717, 1.165) is 63.7 Å². The first kappa shape index (κ1) is 50.4. The number of carbonyl (C=O) groups excluding carboxylic acids is 3. The summed E-state index contributed by atoms with van der Waals surface area (Å²) in [5.41, 5.74) is 0. The molecule has 0 fully saturated rings. The summed E-state index contributed by atoms with van der Waals surface area (Å²) in [5, 5.41) is 0. The summed E-state index contributed by atoms with van der Waals surface area (Å²) >= 11 is 0. The van der Waals surface area contributed by atoms with Gasteiger partial charge in [-0.05, 0) is 25.2 Å². The largest absolute Gasteiger partial charge is 0.462 e. The van der Waals surface area contributed by atoms with Gasteiger partial charge in [0.25, 0.3) is 0 Å². The van der Waals surface area contributed by atoms with E-state index in [-0.39, 0.29) is 31.1 Å². The number of hydrogen-bond donors (Lipinski definition) is 0. The molecule has 0 heterocycles. The lowest BCUT2D eigenvalue weighted by molar-refractivity contribution is -0.167. The zero-order valence-corrected chi connectivity index (χ0v) is 35.3. The van der Waals surface area contributed by atoms with Crippen molar-refractivity contribution in [3.05, 3.63) is 0 Å². The van der Waals surface area contributed by atoms with Gasteiger partial charge in [-0.2, -0.15) is 0 Å². The van der Waals surface area contributed by atoms with Crippen LogP contribution in [0.3, 0.4) is 0 Å². The third kappa shape index (κ3) is 38.1. The maximum Gasteiger partial charge on any atom is 0.306 e. The van der Waals surface area contributed by atoms with Crippen LogP contribution in [0.1, 0.15) is 252 Å². The summed E-state index contributed by atoms with van der Waals surface area (Å²) in [7, 11) is 0. The van der Waals surface area contributed by atoms with Gasteiger partial charge in [0.1, 0.15) is 13.2 Å². The first-order chi connectivity index (χ1) is 25.4. The normalized spacial score (nSPS) is 12.5. The van der Waals surface area contributed by atoms with E-state index >= 15 is 0 Å². The molecule has 1 unspecified atom stereocenters. The molecule has 0 aliphatic rings. The fourth-order valence-electron chi connectivity index (χ4n) is 6.77. The minimum atomic E-state index is -0.759. The van der Waals surface area contributed by atoms with E-state index in [9.17, 15) is 14.4 Å². The molecule has 6 heteroatoms. The van der Waals surface area contributed by atoms with Crippen LogP contribution in [0, 0.1) is 5.92 Å². The molecule has 52 heavy (non-hydrogen) atoms. The Kier molecular flexibility index (Phi) is 39.4. The Morgan fingerprint density at radius 2 is 0.673 bits per heavy atom. The Labute approximate surface area is 323 Å². The number of esters is 3. The first-order valence-corrected chi connectivity index (χ1v) is 22.9. The molecule has 0 aromatic carbocycles. The van der Waals surface area contributed by atoms with Crippen LogP contribution in [-0.2, 0) is 28.6 Å². The predicted molar refractivity (Wildman–Crippen MR) is 220 cm³/mol. The zero-order valence-electron chi connectivity index (χ0n) is 35.3. The lowest BCUT2D eigenvalue weighted by atomic mass is 10.00. The summed E-state index contributed by atoms with van der Waals surface area (Å²) in [6, 6.07) is 0. The summed E-state index contributed by atoms with van der Waals surface area (Å²) in [6.07, 6.45) is 39.4. The van der Waals surface area contributed by atoms with Crippen molar-refractivity contribution in [1.29, 1.82) is 0 Å². The van der Waals surface area contributed by atoms with Crippen molar-refractivity contribution in [2.24, 2.45) is 5.92 Å². The molecule has 308 valence electrons. The summed E-state index contributed by atoms with van der Waals surface area (Å²) in [5.74, 6) is -0.0431. The van der Waals surface area contributed by atoms with Crippen molar-refractivity contribution in [3.63, 3.8) is 0 Å². The van der Waals surface area contributed by atoms with Crippen molar-refractivity contribution in [1.82, 2.24) is 0 Å². The van der Waals surface area contributed by atoms with Gasteiger partial charge in [-0.1, -0.05) is 214 Å². The maximum atomic E-state index is 12.7. The molecule has 0 saturated carbocycles. The molecule has 0 aliphatic carbocycles. The molecule has 0 N–H and O–H groups in total. The van der Waals surface area contributed by atoms with Crippen LogP contribution < -0.4 is 0 Å². The molecule has 0 radical (unpaired) electrons. The molecule has 0 saturated heterocycles. The fraction of sp³-hybridized carbons (Fsp3) is 0.935. The van der Waals surface area contributed by atoms with Crippen LogP contribution in [0.25, 0.3) is 0 Å². The highest BCUT2D eigenvalue weighted by molar-refractivity contribution is 5.71. The van der Waals surface area contributed by atoms with Gasteiger partial charge < -0.3 is 14.2 Å². The topological polar surface area (TPSA) is 78.9 Å². The van der Waals surface area contributed by atoms with Crippen LogP contribution in [-0.4, -0.2) is 37.2 Å². The molecule has 0 amide bonds. The smallest absolute Gasteiger partial charge is 0.306 e. The Bertz CT molecular complexity index is 783. The van der Waals surface area contributed by atoms with Crippen molar-refractivity contribution in [2.45, 2.75) is 259 Å². The van der Waals surface area contributed by atoms with Gasteiger partial charge in [-0.15, -0.1) is 0 Å². The van der Waals surface area contributed by atoms with E-state index in [1.165, 1.54) is 148 Å². The summed E-state index contributed by atoms with van der Waals surface area (Å²) in [6.45, 7) is 8.96. The van der Waals surface area contributed by atoms with Crippen molar-refractivity contribution in [2.75, 3.05) is 13.2 Å². The lowest BCUT2D eigenvalue weighted by Crippen LogP contribution is -2.30. The van der Waals surface area contributed by atoms with Crippen molar-refractivity contribution < 1.29 is 28.6 Å². The van der Waals surface area contributed by atoms with E-state index in [4.69, 9.17) is 14.2 Å². The highest BCUT2D eigenvalue weighted by Crippen LogP contribution is 2.16. The van der Waals surface area contributed by atoms with E-state index < -0.39 is 6.10 Å². The Balaban J connectivity index is 4.31. The standard InChI is InChI=1S/C46H88O6/c1-5-8-10-12-14-16-18-19-20-21-23-24-29-33-37-44(47)50-40-43(52-46(49)39-35-31-25-22-17-15-13-11-9-6-2)41-51-45(48)38-34-30-27-26-28-32-36-42(4)7-3/h42-43H,5-41H2,1-4H3/t42?,43-/m0/s1. The number of hydrogen-bond acceptors (Lipinski definition) is 6. The van der Waals surface area contributed by atoms with Crippen LogP contribution in [0.2, 0.25) is 0 Å². The molecule has 2 atom stereocenters. The Morgan fingerprint density at radius 3 is 1.00 bits per heavy atom. The van der Waals surface area contributed by atoms with Crippen LogP contribution in [0.4, 0.5) is 0 Å². The quantitative estimate of drug-likeness (QED) is 0.0353. The fourth-order valence-corrected chi connectivity index (χ4v) is 6.77. The van der Waals surface area contributed by atoms with E-state index in [1.807, 2.05) is 0 Å². The second kappa shape index (κ2) is 40.6. The number of rotatable bonds is 41. The summed E-state index contributed by atoms with van der Waals surface area (Å²) < 4.78 is 16.7. The molecule has 0 bridgehead atoms. The lowest BCUT2D eigenvalue weighted by Gasteiger charge is -2.18. The van der Waals surface area contributed by atoms with Crippen LogP contribution in [0.15, 0.2) is 0 Å². The number of unbranched alkanes of at least 4 members (excludes halogenated alkanes) is 27. The van der Waals surface area contributed by atoms with Gasteiger partial charge in [-0.25, -0.2) is 0 Å². The van der Waals surface area contributed by atoms with E-state index in [0.29, 0.717) is 19.3 Å². The first-order valence-electron chi connectivity index (χ1n) is 22.9. The molecule has 0 aromatic heterocycles. The molecular weight excluding hydrogens is 648 g/mol. The molecule has 0 rings (SSSR count). The average molecular weight is 737 g/mol. The molecule has 6 nitrogen and oxygen atoms in total. The zero-order chi connectivity index (χ0) is 38.2. The SMILES string of the molecule is CCCCCCCCCCCCCCCCC(=O)OC[C@@H](COC(=O)CCCCCCCCC(C)CC)OC(=O)CCCCCCCCCCCC. The van der Waals surface area contributed by atoms with Gasteiger partial charge in [0, 0.05) is 19.3 Å². The minimum Gasteiger partial charge on any atom is -0.462 e. The Morgan fingerprint density at radius 1 is 0.385 bits per heavy atom.